The molecule has 36 heavy (non-hydrogen) atoms. The Morgan fingerprint density at radius 3 is 1.25 bits per heavy atom. The van der Waals surface area contributed by atoms with E-state index in [2.05, 4.69) is 13.8 Å². The van der Waals surface area contributed by atoms with Crippen LogP contribution in [-0.4, -0.2) is 37.4 Å². The van der Waals surface area contributed by atoms with Gasteiger partial charge < -0.3 is 9.47 Å². The molecule has 5 aliphatic carbocycles. The van der Waals surface area contributed by atoms with Crippen LogP contribution in [0.2, 0.25) is 0 Å². The summed E-state index contributed by atoms with van der Waals surface area (Å²) < 4.78 is 28.0. The molecule has 5 rings (SSSR count). The molecular formula is C32H53FO3. The SMILES string of the molecule is CCCOC1CCC(C2CC[C@]3(CC2)C(=O)[C@@]2(CCC(C4CCC(OCCC)CC4)CC2)[C@H]3F)CC1. The molecule has 0 radical (unpaired) electrons. The van der Waals surface area contributed by atoms with Crippen molar-refractivity contribution in [3.05, 3.63) is 0 Å². The molecule has 0 aromatic rings. The van der Waals surface area contributed by atoms with E-state index in [1.807, 2.05) is 0 Å². The van der Waals surface area contributed by atoms with Crippen molar-refractivity contribution in [1.29, 1.82) is 0 Å². The monoisotopic (exact) mass is 504 g/mol. The van der Waals surface area contributed by atoms with Gasteiger partial charge >= 0.3 is 0 Å². The largest absolute Gasteiger partial charge is 0.378 e. The topological polar surface area (TPSA) is 35.5 Å². The first-order chi connectivity index (χ1) is 17.5. The summed E-state index contributed by atoms with van der Waals surface area (Å²) in [5, 5.41) is 0. The van der Waals surface area contributed by atoms with Crippen molar-refractivity contribution in [1.82, 2.24) is 0 Å². The van der Waals surface area contributed by atoms with Crippen LogP contribution in [0.5, 0.6) is 0 Å². The second-order valence-corrected chi connectivity index (χ2v) is 13.5. The third-order valence-electron chi connectivity index (χ3n) is 11.6. The first-order valence-electron chi connectivity index (χ1n) is 15.9. The lowest BCUT2D eigenvalue weighted by Gasteiger charge is -2.62. The van der Waals surface area contributed by atoms with E-state index in [1.54, 1.807) is 0 Å². The van der Waals surface area contributed by atoms with Crippen molar-refractivity contribution in [2.75, 3.05) is 13.2 Å². The molecule has 4 heteroatoms. The molecule has 3 nitrogen and oxygen atoms in total. The molecule has 2 spiro atoms. The number of carbonyl (C=O) groups excluding carboxylic acids is 1. The van der Waals surface area contributed by atoms with Crippen LogP contribution in [0.3, 0.4) is 0 Å². The van der Waals surface area contributed by atoms with Gasteiger partial charge in [-0.15, -0.1) is 0 Å². The minimum atomic E-state index is -0.879. The highest BCUT2D eigenvalue weighted by atomic mass is 19.1. The van der Waals surface area contributed by atoms with Crippen molar-refractivity contribution < 1.29 is 18.7 Å². The number of hydrogen-bond donors (Lipinski definition) is 0. The highest BCUT2D eigenvalue weighted by Crippen LogP contribution is 2.66. The maximum Gasteiger partial charge on any atom is 0.151 e. The number of Topliss-reactive ketones (excluding diaryl/α,β-unsaturated/α-hetero) is 1. The average molecular weight is 505 g/mol. The molecule has 0 amide bonds. The third kappa shape index (κ3) is 5.08. The van der Waals surface area contributed by atoms with Gasteiger partial charge in [0.1, 0.15) is 6.17 Å². The minimum Gasteiger partial charge on any atom is -0.378 e. The summed E-state index contributed by atoms with van der Waals surface area (Å²) in [6, 6.07) is 0. The smallest absolute Gasteiger partial charge is 0.151 e. The molecule has 5 saturated carbocycles. The number of hydrogen-bond acceptors (Lipinski definition) is 3. The van der Waals surface area contributed by atoms with E-state index in [0.717, 1.165) is 89.3 Å². The molecular weight excluding hydrogens is 451 g/mol. The van der Waals surface area contributed by atoms with E-state index in [0.29, 0.717) is 29.8 Å². The van der Waals surface area contributed by atoms with Gasteiger partial charge in [0.05, 0.1) is 23.0 Å². The van der Waals surface area contributed by atoms with Gasteiger partial charge in [-0.1, -0.05) is 13.8 Å². The van der Waals surface area contributed by atoms with E-state index >= 15 is 4.39 Å². The van der Waals surface area contributed by atoms with Crippen LogP contribution in [0.1, 0.15) is 129 Å². The summed E-state index contributed by atoms with van der Waals surface area (Å²) in [7, 11) is 0. The van der Waals surface area contributed by atoms with E-state index < -0.39 is 17.0 Å². The van der Waals surface area contributed by atoms with Gasteiger partial charge in [0.2, 0.25) is 0 Å². The van der Waals surface area contributed by atoms with Crippen molar-refractivity contribution in [2.45, 2.75) is 148 Å². The fourth-order valence-corrected chi connectivity index (χ4v) is 9.41. The number of ether oxygens (including phenoxy) is 2. The lowest BCUT2D eigenvalue weighted by atomic mass is 9.41. The second-order valence-electron chi connectivity index (χ2n) is 13.5. The molecule has 0 heterocycles. The maximum atomic E-state index is 16.1. The molecule has 0 atom stereocenters. The molecule has 206 valence electrons. The predicted molar refractivity (Wildman–Crippen MR) is 143 cm³/mol. The number of alkyl halides is 1. The number of rotatable bonds is 8. The van der Waals surface area contributed by atoms with Crippen molar-refractivity contribution in [2.24, 2.45) is 34.5 Å². The Morgan fingerprint density at radius 1 is 0.611 bits per heavy atom. The van der Waals surface area contributed by atoms with Crippen LogP contribution in [0, 0.1) is 34.5 Å². The molecule has 5 aliphatic rings. The molecule has 0 unspecified atom stereocenters. The third-order valence-corrected chi connectivity index (χ3v) is 11.6. The normalized spacial score (nSPS) is 45.6. The first-order valence-corrected chi connectivity index (χ1v) is 15.9. The molecule has 0 aromatic carbocycles. The number of halogens is 1. The maximum absolute atomic E-state index is 16.1. The summed E-state index contributed by atoms with van der Waals surface area (Å²) in [5.74, 6) is 3.28. The summed E-state index contributed by atoms with van der Waals surface area (Å²) >= 11 is 0. The van der Waals surface area contributed by atoms with Crippen molar-refractivity contribution in [3.63, 3.8) is 0 Å². The summed E-state index contributed by atoms with van der Waals surface area (Å²) in [6.45, 7) is 6.13. The highest BCUT2D eigenvalue weighted by molar-refractivity contribution is 5.98. The van der Waals surface area contributed by atoms with Crippen molar-refractivity contribution >= 4 is 5.78 Å². The van der Waals surface area contributed by atoms with Gasteiger partial charge in [-0.3, -0.25) is 4.79 Å². The number of ketones is 1. The minimum absolute atomic E-state index is 0.341. The van der Waals surface area contributed by atoms with E-state index in [1.165, 1.54) is 51.4 Å². The van der Waals surface area contributed by atoms with Crippen molar-refractivity contribution in [3.8, 4) is 0 Å². The van der Waals surface area contributed by atoms with E-state index in [-0.39, 0.29) is 0 Å². The zero-order valence-corrected chi connectivity index (χ0v) is 23.3. The van der Waals surface area contributed by atoms with Gasteiger partial charge in [-0.05, 0) is 139 Å². The Hall–Kier alpha value is -0.480. The Balaban J connectivity index is 1.07. The zero-order chi connectivity index (χ0) is 25.2. The Labute approximate surface area is 220 Å². The van der Waals surface area contributed by atoms with Gasteiger partial charge in [-0.2, -0.15) is 0 Å². The van der Waals surface area contributed by atoms with Crippen LogP contribution in [0.15, 0.2) is 0 Å². The van der Waals surface area contributed by atoms with Crippen LogP contribution < -0.4 is 0 Å². The van der Waals surface area contributed by atoms with Crippen LogP contribution in [-0.2, 0) is 14.3 Å². The summed E-state index contributed by atoms with van der Waals surface area (Å²) in [4.78, 5) is 13.7. The highest BCUT2D eigenvalue weighted by Gasteiger charge is 2.71. The lowest BCUT2D eigenvalue weighted by molar-refractivity contribution is -0.195. The molecule has 0 saturated heterocycles. The first kappa shape index (κ1) is 27.1. The molecule has 0 aromatic heterocycles. The number of carbonyl (C=O) groups is 1. The van der Waals surface area contributed by atoms with Crippen LogP contribution in [0.4, 0.5) is 4.39 Å². The van der Waals surface area contributed by atoms with E-state index in [9.17, 15) is 4.79 Å². The standard InChI is InChI=1S/C32H53FO3/c1-3-21-35-27-9-5-23(6-10-27)25-13-17-31(18-14-25)29(33)32(30(31)34)19-15-26(16-20-32)24-7-11-28(12-8-24)36-22-4-2/h23-29H,3-22H2,1-2H3/t23?,24?,25?,26?,27?,28?,29?,31-,32-. The quantitative estimate of drug-likeness (QED) is 0.334. The molecule has 0 N–H and O–H groups in total. The Kier molecular flexibility index (Phi) is 8.83. The van der Waals surface area contributed by atoms with Gasteiger partial charge in [0.15, 0.2) is 5.78 Å². The van der Waals surface area contributed by atoms with Gasteiger partial charge in [-0.25, -0.2) is 4.39 Å². The fourth-order valence-electron chi connectivity index (χ4n) is 9.41. The van der Waals surface area contributed by atoms with E-state index in [4.69, 9.17) is 9.47 Å². The average Bonchev–Trinajstić information content (AvgIpc) is 2.95. The summed E-state index contributed by atoms with van der Waals surface area (Å²) in [5.41, 5.74) is -1.22. The summed E-state index contributed by atoms with van der Waals surface area (Å²) in [6.07, 6.45) is 19.6. The molecule has 5 fully saturated rings. The zero-order valence-electron chi connectivity index (χ0n) is 23.3. The Bertz CT molecular complexity index is 647. The predicted octanol–water partition coefficient (Wildman–Crippen LogP) is 8.23. The molecule has 0 aliphatic heterocycles. The van der Waals surface area contributed by atoms with Gasteiger partial charge in [0, 0.05) is 13.2 Å². The second kappa shape index (κ2) is 11.7. The molecule has 0 bridgehead atoms. The van der Waals surface area contributed by atoms with Crippen LogP contribution in [0.25, 0.3) is 0 Å². The fraction of sp³-hybridized carbons (Fsp3) is 0.969. The lowest BCUT2D eigenvalue weighted by Crippen LogP contribution is -2.69. The van der Waals surface area contributed by atoms with Gasteiger partial charge in [0.25, 0.3) is 0 Å². The Morgan fingerprint density at radius 2 is 0.944 bits per heavy atom. The van der Waals surface area contributed by atoms with Crippen LogP contribution >= 0.6 is 0 Å².